The van der Waals surface area contributed by atoms with Crippen molar-refractivity contribution in [3.8, 4) is 0 Å². The highest BCUT2D eigenvalue weighted by molar-refractivity contribution is 5.34. The van der Waals surface area contributed by atoms with Crippen molar-refractivity contribution in [2.45, 2.75) is 20.3 Å². The molecule has 17 heavy (non-hydrogen) atoms. The van der Waals surface area contributed by atoms with E-state index in [9.17, 15) is 0 Å². The summed E-state index contributed by atoms with van der Waals surface area (Å²) in [7, 11) is 0. The summed E-state index contributed by atoms with van der Waals surface area (Å²) < 4.78 is 5.36. The van der Waals surface area contributed by atoms with Gasteiger partial charge in [0, 0.05) is 31.8 Å². The predicted octanol–water partition coefficient (Wildman–Crippen LogP) is 1.56. The first-order chi connectivity index (χ1) is 8.26. The first kappa shape index (κ1) is 13.9. The Balaban J connectivity index is 2.29. The fraction of sp³-hybridized carbons (Fsp3) is 0.615. The maximum atomic E-state index is 5.60. The second-order valence-corrected chi connectivity index (χ2v) is 3.96. The van der Waals surface area contributed by atoms with Gasteiger partial charge in [-0.1, -0.05) is 6.92 Å². The van der Waals surface area contributed by atoms with Crippen molar-refractivity contribution in [1.82, 2.24) is 9.88 Å². The Morgan fingerprint density at radius 2 is 2.12 bits per heavy atom. The van der Waals surface area contributed by atoms with Crippen LogP contribution in [-0.2, 0) is 11.2 Å². The van der Waals surface area contributed by atoms with Gasteiger partial charge in [-0.05, 0) is 25.6 Å². The SMILES string of the molecule is CCOCCN(CC)CCc1ccc(N)cn1. The van der Waals surface area contributed by atoms with Crippen LogP contribution in [0, 0.1) is 0 Å². The summed E-state index contributed by atoms with van der Waals surface area (Å²) in [5, 5.41) is 0. The number of rotatable bonds is 8. The number of pyridine rings is 1. The molecule has 0 amide bonds. The number of ether oxygens (including phenoxy) is 1. The average molecular weight is 237 g/mol. The zero-order valence-electron chi connectivity index (χ0n) is 10.9. The minimum Gasteiger partial charge on any atom is -0.397 e. The summed E-state index contributed by atoms with van der Waals surface area (Å²) in [6.45, 7) is 8.83. The van der Waals surface area contributed by atoms with E-state index in [1.54, 1.807) is 6.20 Å². The average Bonchev–Trinajstić information content (AvgIpc) is 2.35. The Morgan fingerprint density at radius 3 is 2.71 bits per heavy atom. The van der Waals surface area contributed by atoms with Crippen molar-refractivity contribution in [2.24, 2.45) is 0 Å². The van der Waals surface area contributed by atoms with Crippen molar-refractivity contribution in [2.75, 3.05) is 38.6 Å². The maximum Gasteiger partial charge on any atom is 0.0593 e. The lowest BCUT2D eigenvalue weighted by Gasteiger charge is -2.19. The van der Waals surface area contributed by atoms with E-state index < -0.39 is 0 Å². The molecule has 4 nitrogen and oxygen atoms in total. The lowest BCUT2D eigenvalue weighted by atomic mass is 10.2. The molecule has 0 aliphatic heterocycles. The molecule has 0 aliphatic rings. The van der Waals surface area contributed by atoms with Crippen LogP contribution in [0.5, 0.6) is 0 Å². The molecule has 0 unspecified atom stereocenters. The molecule has 0 saturated carbocycles. The standard InChI is InChI=1S/C13H23N3O/c1-3-16(9-10-17-4-2)8-7-13-6-5-12(14)11-15-13/h5-6,11H,3-4,7-10,14H2,1-2H3. The van der Waals surface area contributed by atoms with Gasteiger partial charge in [-0.3, -0.25) is 4.98 Å². The molecular formula is C13H23N3O. The first-order valence-electron chi connectivity index (χ1n) is 6.26. The molecule has 1 aromatic rings. The van der Waals surface area contributed by atoms with Crippen molar-refractivity contribution in [3.05, 3.63) is 24.0 Å². The van der Waals surface area contributed by atoms with E-state index in [1.165, 1.54) is 0 Å². The van der Waals surface area contributed by atoms with E-state index in [1.807, 2.05) is 19.1 Å². The van der Waals surface area contributed by atoms with Crippen LogP contribution in [0.25, 0.3) is 0 Å². The highest BCUT2D eigenvalue weighted by Crippen LogP contribution is 2.02. The number of aromatic nitrogens is 1. The topological polar surface area (TPSA) is 51.4 Å². The van der Waals surface area contributed by atoms with Gasteiger partial charge in [-0.15, -0.1) is 0 Å². The van der Waals surface area contributed by atoms with Crippen LogP contribution >= 0.6 is 0 Å². The Bertz CT molecular complexity index is 300. The molecule has 0 aliphatic carbocycles. The molecule has 1 aromatic heterocycles. The van der Waals surface area contributed by atoms with Gasteiger partial charge in [0.15, 0.2) is 0 Å². The lowest BCUT2D eigenvalue weighted by Crippen LogP contribution is -2.29. The van der Waals surface area contributed by atoms with Gasteiger partial charge in [-0.25, -0.2) is 0 Å². The minimum absolute atomic E-state index is 0.720. The second-order valence-electron chi connectivity index (χ2n) is 3.96. The lowest BCUT2D eigenvalue weighted by molar-refractivity contribution is 0.115. The number of nitrogens with two attached hydrogens (primary N) is 1. The van der Waals surface area contributed by atoms with E-state index in [-0.39, 0.29) is 0 Å². The highest BCUT2D eigenvalue weighted by Gasteiger charge is 2.03. The molecule has 1 heterocycles. The molecule has 0 aromatic carbocycles. The minimum atomic E-state index is 0.720. The molecule has 0 spiro atoms. The van der Waals surface area contributed by atoms with Gasteiger partial charge in [0.1, 0.15) is 0 Å². The van der Waals surface area contributed by atoms with Gasteiger partial charge >= 0.3 is 0 Å². The van der Waals surface area contributed by atoms with E-state index in [0.717, 1.165) is 50.7 Å². The van der Waals surface area contributed by atoms with Crippen LogP contribution in [0.1, 0.15) is 19.5 Å². The fourth-order valence-corrected chi connectivity index (χ4v) is 1.62. The Hall–Kier alpha value is -1.13. The third kappa shape index (κ3) is 5.65. The van der Waals surface area contributed by atoms with Gasteiger partial charge < -0.3 is 15.4 Å². The summed E-state index contributed by atoms with van der Waals surface area (Å²) in [4.78, 5) is 6.67. The molecule has 1 rings (SSSR count). The Morgan fingerprint density at radius 1 is 1.29 bits per heavy atom. The van der Waals surface area contributed by atoms with Crippen molar-refractivity contribution in [3.63, 3.8) is 0 Å². The predicted molar refractivity (Wildman–Crippen MR) is 71.0 cm³/mol. The van der Waals surface area contributed by atoms with Crippen LogP contribution in [-0.4, -0.2) is 42.7 Å². The number of likely N-dealkylation sites (N-methyl/N-ethyl adjacent to an activating group) is 1. The van der Waals surface area contributed by atoms with E-state index >= 15 is 0 Å². The fourth-order valence-electron chi connectivity index (χ4n) is 1.62. The van der Waals surface area contributed by atoms with Crippen LogP contribution in [0.4, 0.5) is 5.69 Å². The molecule has 96 valence electrons. The van der Waals surface area contributed by atoms with Crippen molar-refractivity contribution >= 4 is 5.69 Å². The molecule has 2 N–H and O–H groups in total. The zero-order chi connectivity index (χ0) is 12.5. The first-order valence-corrected chi connectivity index (χ1v) is 6.26. The molecule has 0 bridgehead atoms. The number of anilines is 1. The van der Waals surface area contributed by atoms with Crippen molar-refractivity contribution in [1.29, 1.82) is 0 Å². The smallest absolute Gasteiger partial charge is 0.0593 e. The number of hydrogen-bond donors (Lipinski definition) is 1. The number of nitrogen functional groups attached to an aromatic ring is 1. The number of hydrogen-bond acceptors (Lipinski definition) is 4. The molecule has 4 heteroatoms. The van der Waals surface area contributed by atoms with Crippen LogP contribution in [0.15, 0.2) is 18.3 Å². The Kier molecular flexibility index (Phi) is 6.58. The molecular weight excluding hydrogens is 214 g/mol. The van der Waals surface area contributed by atoms with E-state index in [0.29, 0.717) is 0 Å². The zero-order valence-corrected chi connectivity index (χ0v) is 10.9. The van der Waals surface area contributed by atoms with Crippen LogP contribution < -0.4 is 5.73 Å². The summed E-state index contributed by atoms with van der Waals surface area (Å²) in [6.07, 6.45) is 2.67. The summed E-state index contributed by atoms with van der Waals surface area (Å²) >= 11 is 0. The van der Waals surface area contributed by atoms with Crippen LogP contribution in [0.3, 0.4) is 0 Å². The quantitative estimate of drug-likeness (QED) is 0.697. The number of nitrogens with zero attached hydrogens (tertiary/aromatic N) is 2. The third-order valence-corrected chi connectivity index (χ3v) is 2.73. The largest absolute Gasteiger partial charge is 0.397 e. The third-order valence-electron chi connectivity index (χ3n) is 2.73. The molecule has 0 saturated heterocycles. The molecule has 0 atom stereocenters. The second kappa shape index (κ2) is 8.03. The van der Waals surface area contributed by atoms with E-state index in [2.05, 4.69) is 16.8 Å². The van der Waals surface area contributed by atoms with Gasteiger partial charge in [-0.2, -0.15) is 0 Å². The Labute approximate surface area is 104 Å². The molecule has 0 fully saturated rings. The van der Waals surface area contributed by atoms with Gasteiger partial charge in [0.25, 0.3) is 0 Å². The van der Waals surface area contributed by atoms with Crippen molar-refractivity contribution < 1.29 is 4.74 Å². The van der Waals surface area contributed by atoms with Crippen LogP contribution in [0.2, 0.25) is 0 Å². The summed E-state index contributed by atoms with van der Waals surface area (Å²) in [5.41, 5.74) is 7.41. The monoisotopic (exact) mass is 237 g/mol. The highest BCUT2D eigenvalue weighted by atomic mass is 16.5. The van der Waals surface area contributed by atoms with Gasteiger partial charge in [0.2, 0.25) is 0 Å². The molecule has 0 radical (unpaired) electrons. The van der Waals surface area contributed by atoms with E-state index in [4.69, 9.17) is 10.5 Å². The van der Waals surface area contributed by atoms with Gasteiger partial charge in [0.05, 0.1) is 18.5 Å². The normalized spacial score (nSPS) is 11.0. The summed E-state index contributed by atoms with van der Waals surface area (Å²) in [5.74, 6) is 0. The summed E-state index contributed by atoms with van der Waals surface area (Å²) in [6, 6.07) is 3.89. The maximum absolute atomic E-state index is 5.60.